The van der Waals surface area contributed by atoms with E-state index in [0.717, 1.165) is 38.3 Å². The molecule has 3 heterocycles. The van der Waals surface area contributed by atoms with Gasteiger partial charge in [-0.05, 0) is 48.0 Å². The minimum atomic E-state index is -0.257. The van der Waals surface area contributed by atoms with Gasteiger partial charge in [0, 0.05) is 34.3 Å². The van der Waals surface area contributed by atoms with Gasteiger partial charge in [-0.15, -0.1) is 0 Å². The van der Waals surface area contributed by atoms with Gasteiger partial charge >= 0.3 is 0 Å². The van der Waals surface area contributed by atoms with Gasteiger partial charge in [-0.3, -0.25) is 19.0 Å². The molecule has 184 valence electrons. The lowest BCUT2D eigenvalue weighted by molar-refractivity contribution is -0.123. The van der Waals surface area contributed by atoms with Crippen molar-refractivity contribution >= 4 is 44.0 Å². The van der Waals surface area contributed by atoms with Crippen molar-refractivity contribution in [3.8, 4) is 17.2 Å². The molecule has 6 rings (SSSR count). The first-order valence-electron chi connectivity index (χ1n) is 11.8. The van der Waals surface area contributed by atoms with Crippen molar-refractivity contribution in [2.75, 3.05) is 20.8 Å². The molecule has 8 nitrogen and oxygen atoms in total. The van der Waals surface area contributed by atoms with Crippen molar-refractivity contribution in [3.63, 3.8) is 0 Å². The monoisotopic (exact) mass is 493 g/mol. The topological polar surface area (TPSA) is 91.2 Å². The van der Waals surface area contributed by atoms with E-state index in [0.29, 0.717) is 29.2 Å². The van der Waals surface area contributed by atoms with Crippen LogP contribution >= 0.6 is 0 Å². The molecule has 0 aliphatic carbocycles. The lowest BCUT2D eigenvalue weighted by atomic mass is 10.1. The Bertz CT molecular complexity index is 1860. The number of carbonyl (C=O) groups is 1. The maximum atomic E-state index is 13.4. The average molecular weight is 494 g/mol. The Labute approximate surface area is 211 Å². The van der Waals surface area contributed by atoms with Crippen LogP contribution < -0.4 is 25.1 Å². The first-order chi connectivity index (χ1) is 18.1. The zero-order valence-electron chi connectivity index (χ0n) is 20.3. The van der Waals surface area contributed by atoms with Crippen molar-refractivity contribution in [2.24, 2.45) is 0 Å². The van der Waals surface area contributed by atoms with Gasteiger partial charge < -0.3 is 19.5 Å². The number of ether oxygens (including phenoxy) is 3. The summed E-state index contributed by atoms with van der Waals surface area (Å²) in [6, 6.07) is 20.4. The third-order valence-corrected chi connectivity index (χ3v) is 6.57. The fourth-order valence-corrected chi connectivity index (χ4v) is 4.83. The smallest absolute Gasteiger partial charge is 0.263 e. The number of methoxy groups -OCH3 is 2. The summed E-state index contributed by atoms with van der Waals surface area (Å²) in [5, 5.41) is 6.08. The fourth-order valence-electron chi connectivity index (χ4n) is 4.83. The molecule has 0 bridgehead atoms. The molecule has 37 heavy (non-hydrogen) atoms. The second-order valence-electron chi connectivity index (χ2n) is 8.68. The SMILES string of the molecule is COc1ccc(CNC(=O)COc2ccc3c(c2)c2ccnc4c5ccccc5c(=O)n3c24)cc1OC. The number of nitrogens with one attached hydrogen (secondary N) is 1. The molecule has 0 unspecified atom stereocenters. The number of carbonyl (C=O) groups excluding carboxylic acids is 1. The van der Waals surface area contributed by atoms with Crippen LogP contribution in [0.1, 0.15) is 5.56 Å². The summed E-state index contributed by atoms with van der Waals surface area (Å²) in [7, 11) is 3.14. The van der Waals surface area contributed by atoms with Crippen LogP contribution in [-0.2, 0) is 11.3 Å². The molecule has 0 aliphatic rings. The zero-order chi connectivity index (χ0) is 25.5. The largest absolute Gasteiger partial charge is 0.493 e. The van der Waals surface area contributed by atoms with Gasteiger partial charge in [0.1, 0.15) is 5.75 Å². The minimum Gasteiger partial charge on any atom is -0.493 e. The zero-order valence-corrected chi connectivity index (χ0v) is 20.3. The summed E-state index contributed by atoms with van der Waals surface area (Å²) >= 11 is 0. The fraction of sp³-hybridized carbons (Fsp3) is 0.138. The summed E-state index contributed by atoms with van der Waals surface area (Å²) in [5.41, 5.74) is 3.13. The van der Waals surface area contributed by atoms with Crippen LogP contribution in [0.25, 0.3) is 38.1 Å². The van der Waals surface area contributed by atoms with Crippen LogP contribution in [0.4, 0.5) is 0 Å². The minimum absolute atomic E-state index is 0.0840. The molecule has 0 atom stereocenters. The Morgan fingerprint density at radius 3 is 2.51 bits per heavy atom. The molecule has 6 aromatic rings. The number of amides is 1. The predicted octanol–water partition coefficient (Wildman–Crippen LogP) is 4.30. The molecule has 1 amide bonds. The summed E-state index contributed by atoms with van der Waals surface area (Å²) < 4.78 is 18.1. The van der Waals surface area contributed by atoms with Crippen molar-refractivity contribution in [2.45, 2.75) is 6.54 Å². The van der Waals surface area contributed by atoms with Crippen molar-refractivity contribution in [1.82, 2.24) is 14.7 Å². The van der Waals surface area contributed by atoms with E-state index < -0.39 is 0 Å². The van der Waals surface area contributed by atoms with E-state index in [1.807, 2.05) is 54.6 Å². The highest BCUT2D eigenvalue weighted by molar-refractivity contribution is 6.18. The summed E-state index contributed by atoms with van der Waals surface area (Å²) in [6.07, 6.45) is 1.75. The molecular weight excluding hydrogens is 470 g/mol. The van der Waals surface area contributed by atoms with Crippen molar-refractivity contribution in [3.05, 3.63) is 88.8 Å². The van der Waals surface area contributed by atoms with E-state index >= 15 is 0 Å². The lowest BCUT2D eigenvalue weighted by Gasteiger charge is -2.11. The number of nitrogens with zero attached hydrogens (tertiary/aromatic N) is 2. The molecule has 0 saturated carbocycles. The van der Waals surface area contributed by atoms with Crippen LogP contribution in [0.2, 0.25) is 0 Å². The van der Waals surface area contributed by atoms with Gasteiger partial charge in [0.25, 0.3) is 11.5 Å². The van der Waals surface area contributed by atoms with Crippen LogP contribution in [0.5, 0.6) is 17.2 Å². The van der Waals surface area contributed by atoms with Gasteiger partial charge in [0.15, 0.2) is 18.1 Å². The highest BCUT2D eigenvalue weighted by Crippen LogP contribution is 2.34. The second kappa shape index (κ2) is 8.98. The van der Waals surface area contributed by atoms with Gasteiger partial charge in [0.2, 0.25) is 0 Å². The lowest BCUT2D eigenvalue weighted by Crippen LogP contribution is -2.28. The van der Waals surface area contributed by atoms with E-state index in [1.54, 1.807) is 36.9 Å². The number of fused-ring (bicyclic) bond motifs is 5. The number of benzene rings is 3. The van der Waals surface area contributed by atoms with Crippen molar-refractivity contribution < 1.29 is 19.0 Å². The molecule has 3 aromatic carbocycles. The summed E-state index contributed by atoms with van der Waals surface area (Å²) in [5.74, 6) is 1.51. The third-order valence-electron chi connectivity index (χ3n) is 6.57. The van der Waals surface area contributed by atoms with E-state index in [-0.39, 0.29) is 18.1 Å². The third kappa shape index (κ3) is 3.74. The van der Waals surface area contributed by atoms with E-state index in [4.69, 9.17) is 14.2 Å². The Kier molecular flexibility index (Phi) is 5.49. The highest BCUT2D eigenvalue weighted by Gasteiger charge is 2.18. The Morgan fingerprint density at radius 1 is 0.892 bits per heavy atom. The molecule has 0 spiro atoms. The molecule has 0 fully saturated rings. The quantitative estimate of drug-likeness (QED) is 0.334. The highest BCUT2D eigenvalue weighted by atomic mass is 16.5. The maximum Gasteiger partial charge on any atom is 0.263 e. The number of aromatic nitrogens is 2. The average Bonchev–Trinajstić information content (AvgIpc) is 3.28. The standard InChI is InChI=1S/C29H23N3O5/c1-35-24-10-7-17(13-25(24)36-2)15-31-26(33)16-37-18-8-9-23-22(14-18)20-11-12-30-27-19-5-3-4-6-21(19)29(34)32(23)28(20)27/h3-14H,15-16H2,1-2H3,(H,31,33). The molecule has 3 aromatic heterocycles. The van der Waals surface area contributed by atoms with Crippen LogP contribution in [0.15, 0.2) is 77.7 Å². The normalized spacial score (nSPS) is 11.4. The molecule has 0 saturated heterocycles. The first-order valence-corrected chi connectivity index (χ1v) is 11.8. The van der Waals surface area contributed by atoms with Gasteiger partial charge in [-0.1, -0.05) is 24.3 Å². The molecule has 0 aliphatic heterocycles. The van der Waals surface area contributed by atoms with Crippen LogP contribution in [-0.4, -0.2) is 36.1 Å². The molecule has 1 N–H and O–H groups in total. The second-order valence-corrected chi connectivity index (χ2v) is 8.68. The van der Waals surface area contributed by atoms with Gasteiger partial charge in [-0.2, -0.15) is 0 Å². The van der Waals surface area contributed by atoms with E-state index in [1.165, 1.54) is 0 Å². The first kappa shape index (κ1) is 22.6. The van der Waals surface area contributed by atoms with E-state index in [2.05, 4.69) is 10.3 Å². The van der Waals surface area contributed by atoms with E-state index in [9.17, 15) is 9.59 Å². The van der Waals surface area contributed by atoms with Crippen LogP contribution in [0, 0.1) is 0 Å². The van der Waals surface area contributed by atoms with Crippen molar-refractivity contribution in [1.29, 1.82) is 0 Å². The molecule has 0 radical (unpaired) electrons. The maximum absolute atomic E-state index is 13.4. The number of hydrogen-bond donors (Lipinski definition) is 1. The predicted molar refractivity (Wildman–Crippen MR) is 142 cm³/mol. The van der Waals surface area contributed by atoms with Crippen LogP contribution in [0.3, 0.4) is 0 Å². The Balaban J connectivity index is 1.26. The molecular formula is C29H23N3O5. The summed E-state index contributed by atoms with van der Waals surface area (Å²) in [6.45, 7) is 0.183. The summed E-state index contributed by atoms with van der Waals surface area (Å²) in [4.78, 5) is 30.4. The van der Waals surface area contributed by atoms with Gasteiger partial charge in [-0.25, -0.2) is 0 Å². The molecule has 8 heteroatoms. The number of rotatable bonds is 7. The van der Waals surface area contributed by atoms with Gasteiger partial charge in [0.05, 0.1) is 30.8 Å². The Morgan fingerprint density at radius 2 is 1.70 bits per heavy atom. The Hall–Kier alpha value is -4.85. The number of pyridine rings is 2. The number of hydrogen-bond acceptors (Lipinski definition) is 6.